The zero-order valence-electron chi connectivity index (χ0n) is 20.1. The van der Waals surface area contributed by atoms with E-state index in [9.17, 15) is 9.59 Å². The molecule has 7 heteroatoms. The lowest BCUT2D eigenvalue weighted by molar-refractivity contribution is -0.117. The summed E-state index contributed by atoms with van der Waals surface area (Å²) in [5, 5.41) is 5.81. The number of amides is 2. The van der Waals surface area contributed by atoms with Gasteiger partial charge in [0.15, 0.2) is 0 Å². The van der Waals surface area contributed by atoms with E-state index >= 15 is 0 Å². The molecule has 1 aliphatic heterocycles. The molecule has 1 saturated heterocycles. The molecule has 0 spiro atoms. The Morgan fingerprint density at radius 2 is 1.40 bits per heavy atom. The lowest BCUT2D eigenvalue weighted by Crippen LogP contribution is -2.36. The number of nitrogens with one attached hydrogen (secondary N) is 2. The number of carbonyl (C=O) groups is 2. The summed E-state index contributed by atoms with van der Waals surface area (Å²) in [5.41, 5.74) is 3.20. The van der Waals surface area contributed by atoms with Crippen molar-refractivity contribution in [2.75, 3.05) is 50.5 Å². The van der Waals surface area contributed by atoms with Gasteiger partial charge < -0.3 is 15.4 Å². The molecule has 1 fully saturated rings. The third-order valence-corrected chi connectivity index (χ3v) is 6.08. The number of ether oxygens (including phenoxy) is 1. The quantitative estimate of drug-likeness (QED) is 0.517. The van der Waals surface area contributed by atoms with Gasteiger partial charge in [0, 0.05) is 36.6 Å². The van der Waals surface area contributed by atoms with Crippen molar-refractivity contribution in [2.24, 2.45) is 0 Å². The van der Waals surface area contributed by atoms with Crippen molar-refractivity contribution in [1.82, 2.24) is 9.80 Å². The van der Waals surface area contributed by atoms with Gasteiger partial charge in [0.1, 0.15) is 5.75 Å². The molecule has 7 nitrogen and oxygen atoms in total. The summed E-state index contributed by atoms with van der Waals surface area (Å²) in [6.45, 7) is 5.05. The molecule has 2 amide bonds. The van der Waals surface area contributed by atoms with Crippen molar-refractivity contribution >= 4 is 23.2 Å². The highest BCUT2D eigenvalue weighted by Gasteiger charge is 2.17. The average molecular weight is 473 g/mol. The fourth-order valence-electron chi connectivity index (χ4n) is 4.17. The van der Waals surface area contributed by atoms with Crippen LogP contribution in [0, 0.1) is 0 Å². The minimum Gasteiger partial charge on any atom is -0.497 e. The number of benzene rings is 3. The van der Waals surface area contributed by atoms with E-state index in [1.165, 1.54) is 5.56 Å². The molecule has 0 aliphatic carbocycles. The van der Waals surface area contributed by atoms with Gasteiger partial charge in [0.2, 0.25) is 5.91 Å². The third kappa shape index (κ3) is 7.40. The molecule has 0 bridgehead atoms. The second kappa shape index (κ2) is 12.1. The Morgan fingerprint density at radius 3 is 2.11 bits per heavy atom. The maximum absolute atomic E-state index is 12.6. The van der Waals surface area contributed by atoms with Crippen LogP contribution in [0.3, 0.4) is 0 Å². The Labute approximate surface area is 206 Å². The molecule has 0 radical (unpaired) electrons. The number of hydrogen-bond donors (Lipinski definition) is 2. The Bertz CT molecular complexity index is 1100. The van der Waals surface area contributed by atoms with Gasteiger partial charge in [-0.2, -0.15) is 0 Å². The second-order valence-electron chi connectivity index (χ2n) is 8.70. The van der Waals surface area contributed by atoms with Crippen molar-refractivity contribution < 1.29 is 14.3 Å². The zero-order valence-corrected chi connectivity index (χ0v) is 20.1. The fraction of sp³-hybridized carbons (Fsp3) is 0.286. The monoisotopic (exact) mass is 472 g/mol. The highest BCUT2D eigenvalue weighted by molar-refractivity contribution is 6.04. The van der Waals surface area contributed by atoms with Crippen LogP contribution in [-0.2, 0) is 11.3 Å². The number of rotatable bonds is 8. The summed E-state index contributed by atoms with van der Waals surface area (Å²) < 4.78 is 5.13. The van der Waals surface area contributed by atoms with Gasteiger partial charge in [0.25, 0.3) is 5.91 Å². The fourth-order valence-corrected chi connectivity index (χ4v) is 4.17. The van der Waals surface area contributed by atoms with Crippen LogP contribution in [0.25, 0.3) is 0 Å². The number of methoxy groups -OCH3 is 1. The van der Waals surface area contributed by atoms with Crippen LogP contribution in [0.4, 0.5) is 11.4 Å². The Balaban J connectivity index is 1.23. The van der Waals surface area contributed by atoms with Crippen LogP contribution >= 0.6 is 0 Å². The smallest absolute Gasteiger partial charge is 0.255 e. The van der Waals surface area contributed by atoms with E-state index in [-0.39, 0.29) is 11.8 Å². The van der Waals surface area contributed by atoms with Gasteiger partial charge in [-0.05, 0) is 73.6 Å². The first kappa shape index (κ1) is 24.4. The van der Waals surface area contributed by atoms with Crippen molar-refractivity contribution in [3.63, 3.8) is 0 Å². The number of anilines is 2. The first-order valence-electron chi connectivity index (χ1n) is 11.9. The summed E-state index contributed by atoms with van der Waals surface area (Å²) in [7, 11) is 1.60. The lowest BCUT2D eigenvalue weighted by atomic mass is 10.2. The SMILES string of the molecule is COc1ccc(NC(=O)c2ccc(NC(=O)CN3CCCN(Cc4ccccc4)CC3)cc2)cc1. The summed E-state index contributed by atoms with van der Waals surface area (Å²) in [4.78, 5) is 29.8. The highest BCUT2D eigenvalue weighted by Crippen LogP contribution is 2.17. The molecule has 0 atom stereocenters. The maximum Gasteiger partial charge on any atom is 0.255 e. The Kier molecular flexibility index (Phi) is 8.48. The van der Waals surface area contributed by atoms with Crippen molar-refractivity contribution in [3.05, 3.63) is 90.0 Å². The number of carbonyl (C=O) groups excluding carboxylic acids is 2. The zero-order chi connectivity index (χ0) is 24.5. The molecule has 0 unspecified atom stereocenters. The number of hydrogen-bond acceptors (Lipinski definition) is 5. The van der Waals surface area contributed by atoms with E-state index < -0.39 is 0 Å². The third-order valence-electron chi connectivity index (χ3n) is 6.08. The average Bonchev–Trinajstić information content (AvgIpc) is 3.10. The van der Waals surface area contributed by atoms with Crippen molar-refractivity contribution in [3.8, 4) is 5.75 Å². The molecule has 3 aromatic rings. The summed E-state index contributed by atoms with van der Waals surface area (Å²) in [6.07, 6.45) is 1.04. The van der Waals surface area contributed by atoms with Crippen LogP contribution in [0.15, 0.2) is 78.9 Å². The van der Waals surface area contributed by atoms with Crippen LogP contribution in [0.1, 0.15) is 22.3 Å². The summed E-state index contributed by atoms with van der Waals surface area (Å²) in [6, 6.07) is 24.6. The molecule has 35 heavy (non-hydrogen) atoms. The van der Waals surface area contributed by atoms with Gasteiger partial charge in [-0.3, -0.25) is 19.4 Å². The molecule has 4 rings (SSSR count). The Hall–Kier alpha value is -3.68. The van der Waals surface area contributed by atoms with Crippen molar-refractivity contribution in [2.45, 2.75) is 13.0 Å². The molecule has 0 aromatic heterocycles. The molecule has 2 N–H and O–H groups in total. The topological polar surface area (TPSA) is 73.9 Å². The molecular weight excluding hydrogens is 440 g/mol. The van der Waals surface area contributed by atoms with Gasteiger partial charge in [-0.25, -0.2) is 0 Å². The van der Waals surface area contributed by atoms with E-state index in [2.05, 4.69) is 44.7 Å². The predicted molar refractivity (Wildman–Crippen MR) is 139 cm³/mol. The molecule has 1 aliphatic rings. The van der Waals surface area contributed by atoms with Gasteiger partial charge in [-0.15, -0.1) is 0 Å². The van der Waals surface area contributed by atoms with Crippen LogP contribution in [-0.4, -0.2) is 61.4 Å². The lowest BCUT2D eigenvalue weighted by Gasteiger charge is -2.21. The summed E-state index contributed by atoms with van der Waals surface area (Å²) >= 11 is 0. The van der Waals surface area contributed by atoms with Crippen molar-refractivity contribution in [1.29, 1.82) is 0 Å². The predicted octanol–water partition coefficient (Wildman–Crippen LogP) is 4.09. The molecule has 182 valence electrons. The summed E-state index contributed by atoms with van der Waals surface area (Å²) in [5.74, 6) is 0.474. The second-order valence-corrected chi connectivity index (χ2v) is 8.70. The van der Waals surface area contributed by atoms with E-state index in [0.717, 1.165) is 44.9 Å². The van der Waals surface area contributed by atoms with E-state index in [1.54, 1.807) is 55.6 Å². The molecule has 1 heterocycles. The minimum atomic E-state index is -0.210. The highest BCUT2D eigenvalue weighted by atomic mass is 16.5. The minimum absolute atomic E-state index is 0.0445. The normalized spacial score (nSPS) is 14.7. The number of nitrogens with zero attached hydrogens (tertiary/aromatic N) is 2. The standard InChI is InChI=1S/C28H32N4O3/c1-35-26-14-12-25(13-15-26)30-28(34)23-8-10-24(11-9-23)29-27(33)21-32-17-5-16-31(18-19-32)20-22-6-3-2-4-7-22/h2-4,6-15H,5,16-21H2,1H3,(H,29,33)(H,30,34). The van der Waals surface area contributed by atoms with Crippen LogP contribution < -0.4 is 15.4 Å². The maximum atomic E-state index is 12.6. The first-order chi connectivity index (χ1) is 17.1. The van der Waals surface area contributed by atoms with Crippen LogP contribution in [0.5, 0.6) is 5.75 Å². The first-order valence-corrected chi connectivity index (χ1v) is 11.9. The molecule has 0 saturated carbocycles. The molecular formula is C28H32N4O3. The van der Waals surface area contributed by atoms with Gasteiger partial charge >= 0.3 is 0 Å². The van der Waals surface area contributed by atoms with E-state index in [1.807, 2.05) is 6.07 Å². The van der Waals surface area contributed by atoms with Crippen LogP contribution in [0.2, 0.25) is 0 Å². The van der Waals surface area contributed by atoms with Gasteiger partial charge in [-0.1, -0.05) is 30.3 Å². The Morgan fingerprint density at radius 1 is 0.771 bits per heavy atom. The van der Waals surface area contributed by atoms with E-state index in [4.69, 9.17) is 4.74 Å². The molecule has 3 aromatic carbocycles. The van der Waals surface area contributed by atoms with E-state index in [0.29, 0.717) is 23.5 Å². The van der Waals surface area contributed by atoms with Gasteiger partial charge in [0.05, 0.1) is 13.7 Å². The largest absolute Gasteiger partial charge is 0.497 e.